The summed E-state index contributed by atoms with van der Waals surface area (Å²) in [6.07, 6.45) is 0. The molecular formula is C6ClF11. The molecule has 1 saturated carbocycles. The van der Waals surface area contributed by atoms with Gasteiger partial charge in [0.05, 0.1) is 0 Å². The van der Waals surface area contributed by atoms with Crippen LogP contribution in [0.4, 0.5) is 48.3 Å². The molecular weight excluding hydrogens is 316 g/mol. The van der Waals surface area contributed by atoms with Gasteiger partial charge in [0.2, 0.25) is 0 Å². The summed E-state index contributed by atoms with van der Waals surface area (Å²) in [4.78, 5) is 0. The Kier molecular flexibility index (Phi) is 2.73. The Morgan fingerprint density at radius 2 is 0.778 bits per heavy atom. The lowest BCUT2D eigenvalue weighted by atomic mass is 9.97. The number of halogens is 12. The third-order valence-corrected chi connectivity index (χ3v) is 2.70. The van der Waals surface area contributed by atoms with Gasteiger partial charge in [-0.2, -0.15) is 43.9 Å². The summed E-state index contributed by atoms with van der Waals surface area (Å²) in [5, 5.41) is -6.36. The molecule has 1 aliphatic rings. The van der Waals surface area contributed by atoms with E-state index in [4.69, 9.17) is 0 Å². The van der Waals surface area contributed by atoms with E-state index in [1.54, 1.807) is 0 Å². The van der Waals surface area contributed by atoms with Crippen LogP contribution in [0.2, 0.25) is 0 Å². The minimum absolute atomic E-state index is 3.57. The average Bonchev–Trinajstić information content (AvgIpc) is 2.16. The minimum atomic E-state index is -7.09. The zero-order valence-corrected chi connectivity index (χ0v) is 8.29. The van der Waals surface area contributed by atoms with Gasteiger partial charge in [-0.1, -0.05) is 0 Å². The van der Waals surface area contributed by atoms with Crippen molar-refractivity contribution >= 4 is 11.6 Å². The predicted octanol–water partition coefficient (Wildman–Crippen LogP) is 4.08. The molecule has 1 rings (SSSR count). The standard InChI is InChI=1S/C6ClF11/c7-6(17,18)1(8)2(9,10)4(13,14)5(15,16)3(1,11)12. The lowest BCUT2D eigenvalue weighted by Crippen LogP contribution is -2.63. The van der Waals surface area contributed by atoms with Crippen LogP contribution < -0.4 is 0 Å². The van der Waals surface area contributed by atoms with Crippen LogP contribution in [-0.4, -0.2) is 34.7 Å². The highest BCUT2D eigenvalue weighted by Crippen LogP contribution is 2.72. The van der Waals surface area contributed by atoms with E-state index in [0.29, 0.717) is 0 Å². The first-order valence-electron chi connectivity index (χ1n) is 3.77. The van der Waals surface area contributed by atoms with Crippen molar-refractivity contribution < 1.29 is 48.3 Å². The monoisotopic (exact) mass is 316 g/mol. The highest BCUT2D eigenvalue weighted by Gasteiger charge is 3.05. The predicted molar refractivity (Wildman–Crippen MR) is 34.4 cm³/mol. The molecule has 1 fully saturated rings. The number of hydrogen-bond donors (Lipinski definition) is 0. The van der Waals surface area contributed by atoms with Gasteiger partial charge in [0.1, 0.15) is 0 Å². The normalized spacial score (nSPS) is 31.3. The van der Waals surface area contributed by atoms with E-state index >= 15 is 0 Å². The summed E-state index contributed by atoms with van der Waals surface area (Å²) in [6.45, 7) is 0. The van der Waals surface area contributed by atoms with Gasteiger partial charge in [-0.15, -0.1) is 0 Å². The molecule has 0 aromatic carbocycles. The van der Waals surface area contributed by atoms with Crippen molar-refractivity contribution in [3.05, 3.63) is 0 Å². The van der Waals surface area contributed by atoms with Crippen molar-refractivity contribution in [1.29, 1.82) is 0 Å². The molecule has 18 heavy (non-hydrogen) atoms. The molecule has 0 aromatic heterocycles. The Morgan fingerprint density at radius 3 is 0.889 bits per heavy atom. The van der Waals surface area contributed by atoms with Crippen molar-refractivity contribution in [3.63, 3.8) is 0 Å². The van der Waals surface area contributed by atoms with E-state index in [9.17, 15) is 48.3 Å². The molecule has 0 amide bonds. The summed E-state index contributed by atoms with van der Waals surface area (Å²) in [7, 11) is 0. The van der Waals surface area contributed by atoms with Crippen LogP contribution in [0.3, 0.4) is 0 Å². The Morgan fingerprint density at radius 1 is 0.556 bits per heavy atom. The Bertz CT molecular complexity index is 340. The van der Waals surface area contributed by atoms with E-state index in [0.717, 1.165) is 0 Å². The first kappa shape index (κ1) is 15.6. The van der Waals surface area contributed by atoms with Crippen molar-refractivity contribution in [2.45, 2.75) is 34.7 Å². The zero-order valence-electron chi connectivity index (χ0n) is 7.54. The molecule has 0 unspecified atom stereocenters. The second-order valence-electron chi connectivity index (χ2n) is 3.45. The molecule has 0 nitrogen and oxygen atoms in total. The van der Waals surface area contributed by atoms with Crippen LogP contribution in [0.1, 0.15) is 0 Å². The fraction of sp³-hybridized carbons (Fsp3) is 1.00. The second kappa shape index (κ2) is 3.15. The van der Waals surface area contributed by atoms with Crippen molar-refractivity contribution in [3.8, 4) is 0 Å². The van der Waals surface area contributed by atoms with Crippen LogP contribution in [0.5, 0.6) is 0 Å². The van der Waals surface area contributed by atoms with Crippen molar-refractivity contribution in [2.24, 2.45) is 0 Å². The minimum Gasteiger partial charge on any atom is -0.221 e. The zero-order chi connectivity index (χ0) is 15.0. The third kappa shape index (κ3) is 1.14. The van der Waals surface area contributed by atoms with Gasteiger partial charge < -0.3 is 0 Å². The molecule has 0 spiro atoms. The second-order valence-corrected chi connectivity index (χ2v) is 3.93. The fourth-order valence-corrected chi connectivity index (χ4v) is 1.62. The maximum Gasteiger partial charge on any atom is 0.382 e. The van der Waals surface area contributed by atoms with Crippen LogP contribution in [0, 0.1) is 0 Å². The highest BCUT2D eigenvalue weighted by atomic mass is 35.5. The van der Waals surface area contributed by atoms with Crippen molar-refractivity contribution in [1.82, 2.24) is 0 Å². The van der Waals surface area contributed by atoms with Gasteiger partial charge in [-0.25, -0.2) is 4.39 Å². The first-order valence-corrected chi connectivity index (χ1v) is 4.15. The number of rotatable bonds is 1. The van der Waals surface area contributed by atoms with E-state index in [1.807, 2.05) is 0 Å². The van der Waals surface area contributed by atoms with E-state index < -0.39 is 34.7 Å². The molecule has 0 saturated heterocycles. The van der Waals surface area contributed by atoms with Gasteiger partial charge in [0, 0.05) is 0 Å². The van der Waals surface area contributed by atoms with Gasteiger partial charge in [0.15, 0.2) is 0 Å². The van der Waals surface area contributed by atoms with Crippen LogP contribution >= 0.6 is 11.6 Å². The molecule has 0 bridgehead atoms. The van der Waals surface area contributed by atoms with E-state index in [2.05, 4.69) is 11.6 Å². The first-order chi connectivity index (χ1) is 7.50. The summed E-state index contributed by atoms with van der Waals surface area (Å²) >= 11 is 3.57. The molecule has 0 N–H and O–H groups in total. The summed E-state index contributed by atoms with van der Waals surface area (Å²) in [6, 6.07) is 0. The van der Waals surface area contributed by atoms with E-state index in [-0.39, 0.29) is 0 Å². The van der Waals surface area contributed by atoms with Gasteiger partial charge in [-0.05, 0) is 11.6 Å². The summed E-state index contributed by atoms with van der Waals surface area (Å²) in [5.41, 5.74) is -6.94. The Hall–Kier alpha value is -0.480. The quantitative estimate of drug-likeness (QED) is 0.505. The number of alkyl halides is 12. The fourth-order valence-electron chi connectivity index (χ4n) is 1.38. The van der Waals surface area contributed by atoms with Crippen LogP contribution in [0.25, 0.3) is 0 Å². The molecule has 12 heteroatoms. The summed E-state index contributed by atoms with van der Waals surface area (Å²) in [5.74, 6) is -28.3. The van der Waals surface area contributed by atoms with E-state index in [1.165, 1.54) is 0 Å². The summed E-state index contributed by atoms with van der Waals surface area (Å²) < 4.78 is 138. The molecule has 0 atom stereocenters. The Labute approximate surface area is 95.7 Å². The molecule has 108 valence electrons. The smallest absolute Gasteiger partial charge is 0.221 e. The largest absolute Gasteiger partial charge is 0.382 e. The average molecular weight is 316 g/mol. The highest BCUT2D eigenvalue weighted by molar-refractivity contribution is 6.22. The molecule has 0 radical (unpaired) electrons. The van der Waals surface area contributed by atoms with Crippen molar-refractivity contribution in [2.75, 3.05) is 0 Å². The van der Waals surface area contributed by atoms with Crippen LogP contribution in [-0.2, 0) is 0 Å². The molecule has 0 aliphatic heterocycles. The van der Waals surface area contributed by atoms with Gasteiger partial charge in [-0.3, -0.25) is 0 Å². The molecule has 1 aliphatic carbocycles. The SMILES string of the molecule is FC(F)(Cl)C1(F)C(F)(F)C(F)(F)C(F)(F)C1(F)F. The Balaban J connectivity index is 3.75. The molecule has 0 heterocycles. The third-order valence-electron chi connectivity index (χ3n) is 2.44. The maximum atomic E-state index is 13.0. The van der Waals surface area contributed by atoms with Crippen LogP contribution in [0.15, 0.2) is 0 Å². The lowest BCUT2D eigenvalue weighted by Gasteiger charge is -2.33. The van der Waals surface area contributed by atoms with Gasteiger partial charge >= 0.3 is 34.7 Å². The lowest BCUT2D eigenvalue weighted by molar-refractivity contribution is -0.303. The van der Waals surface area contributed by atoms with Gasteiger partial charge in [0.25, 0.3) is 0 Å². The molecule has 0 aromatic rings. The maximum absolute atomic E-state index is 13.0. The topological polar surface area (TPSA) is 0 Å². The number of hydrogen-bond acceptors (Lipinski definition) is 0.